The monoisotopic (exact) mass is 403 g/mol. The van der Waals surface area contributed by atoms with Crippen LogP contribution in [-0.4, -0.2) is 40.1 Å². The number of hydrogen-bond acceptors (Lipinski definition) is 6. The first-order valence-electron chi connectivity index (χ1n) is 8.50. The number of nitrogens with one attached hydrogen (secondary N) is 1. The first-order chi connectivity index (χ1) is 13.2. The molecule has 1 aliphatic heterocycles. The van der Waals surface area contributed by atoms with Crippen LogP contribution < -0.4 is 19.2 Å². The number of fused-ring (bicyclic) bond motifs is 1. The van der Waals surface area contributed by atoms with Gasteiger partial charge in [-0.3, -0.25) is 9.10 Å². The number of rotatable bonds is 6. The van der Waals surface area contributed by atoms with Gasteiger partial charge in [0.05, 0.1) is 18.2 Å². The van der Waals surface area contributed by atoms with Crippen molar-refractivity contribution in [3.8, 4) is 11.5 Å². The SMILES string of the molecule is Cc1ccc(N(CC(=O)N/N=C\c2ccc3c(c2)OCO3)S(C)(=O)=O)cc1C. The Hall–Kier alpha value is -3.07. The third-order valence-electron chi connectivity index (χ3n) is 4.27. The maximum Gasteiger partial charge on any atom is 0.260 e. The highest BCUT2D eigenvalue weighted by molar-refractivity contribution is 7.92. The van der Waals surface area contributed by atoms with Gasteiger partial charge in [-0.25, -0.2) is 13.8 Å². The van der Waals surface area contributed by atoms with Crippen molar-refractivity contribution >= 4 is 27.8 Å². The molecule has 1 N–H and O–H groups in total. The van der Waals surface area contributed by atoms with E-state index in [-0.39, 0.29) is 13.3 Å². The van der Waals surface area contributed by atoms with Gasteiger partial charge in [-0.2, -0.15) is 5.10 Å². The summed E-state index contributed by atoms with van der Waals surface area (Å²) < 4.78 is 35.9. The second-order valence-electron chi connectivity index (χ2n) is 6.44. The fraction of sp³-hybridized carbons (Fsp3) is 0.263. The predicted molar refractivity (Wildman–Crippen MR) is 106 cm³/mol. The van der Waals surface area contributed by atoms with Crippen LogP contribution in [-0.2, 0) is 14.8 Å². The number of anilines is 1. The molecule has 0 atom stereocenters. The minimum absolute atomic E-state index is 0.173. The van der Waals surface area contributed by atoms with Gasteiger partial charge in [-0.1, -0.05) is 6.07 Å². The Morgan fingerprint density at radius 1 is 1.14 bits per heavy atom. The molecule has 148 valence electrons. The molecule has 0 aromatic heterocycles. The van der Waals surface area contributed by atoms with Crippen LogP contribution in [0.4, 0.5) is 5.69 Å². The Labute approximate surface area is 163 Å². The van der Waals surface area contributed by atoms with Crippen LogP contribution in [0.25, 0.3) is 0 Å². The van der Waals surface area contributed by atoms with Crippen molar-refractivity contribution in [1.82, 2.24) is 5.43 Å². The van der Waals surface area contributed by atoms with Gasteiger partial charge in [-0.05, 0) is 60.9 Å². The lowest BCUT2D eigenvalue weighted by atomic mass is 10.1. The highest BCUT2D eigenvalue weighted by Gasteiger charge is 2.21. The summed E-state index contributed by atoms with van der Waals surface area (Å²) in [6, 6.07) is 10.5. The van der Waals surface area contributed by atoms with Gasteiger partial charge in [0, 0.05) is 0 Å². The van der Waals surface area contributed by atoms with Gasteiger partial charge in [0.2, 0.25) is 16.8 Å². The molecule has 28 heavy (non-hydrogen) atoms. The summed E-state index contributed by atoms with van der Waals surface area (Å²) in [5, 5.41) is 3.89. The maximum atomic E-state index is 12.2. The Kier molecular flexibility index (Phi) is 5.55. The molecule has 2 aromatic carbocycles. The minimum atomic E-state index is -3.64. The summed E-state index contributed by atoms with van der Waals surface area (Å²) in [4.78, 5) is 12.2. The molecule has 2 aromatic rings. The third-order valence-corrected chi connectivity index (χ3v) is 5.41. The van der Waals surface area contributed by atoms with Crippen molar-refractivity contribution in [1.29, 1.82) is 0 Å². The molecule has 9 heteroatoms. The van der Waals surface area contributed by atoms with Gasteiger partial charge >= 0.3 is 0 Å². The second-order valence-corrected chi connectivity index (χ2v) is 8.35. The van der Waals surface area contributed by atoms with E-state index in [1.165, 1.54) is 6.21 Å². The van der Waals surface area contributed by atoms with Crippen LogP contribution in [0.5, 0.6) is 11.5 Å². The first kappa shape index (κ1) is 19.7. The zero-order valence-electron chi connectivity index (χ0n) is 15.8. The summed E-state index contributed by atoms with van der Waals surface area (Å²) in [6.07, 6.45) is 2.51. The summed E-state index contributed by atoms with van der Waals surface area (Å²) in [5.74, 6) is 0.701. The number of aryl methyl sites for hydroxylation is 2. The van der Waals surface area contributed by atoms with E-state index < -0.39 is 15.9 Å². The number of ether oxygens (including phenoxy) is 2. The molecule has 3 rings (SSSR count). The van der Waals surface area contributed by atoms with E-state index in [0.29, 0.717) is 22.7 Å². The van der Waals surface area contributed by atoms with Crippen molar-refractivity contribution < 1.29 is 22.7 Å². The second kappa shape index (κ2) is 7.89. The van der Waals surface area contributed by atoms with Crippen molar-refractivity contribution in [2.24, 2.45) is 5.10 Å². The Morgan fingerprint density at radius 2 is 1.89 bits per heavy atom. The van der Waals surface area contributed by atoms with E-state index in [0.717, 1.165) is 21.7 Å². The zero-order chi connectivity index (χ0) is 20.3. The van der Waals surface area contributed by atoms with Gasteiger partial charge in [0.15, 0.2) is 11.5 Å². The molecule has 0 spiro atoms. The average Bonchev–Trinajstić information content (AvgIpc) is 3.09. The first-order valence-corrected chi connectivity index (χ1v) is 10.4. The van der Waals surface area contributed by atoms with Crippen LogP contribution in [0.1, 0.15) is 16.7 Å². The lowest BCUT2D eigenvalue weighted by molar-refractivity contribution is -0.119. The third kappa shape index (κ3) is 4.61. The molecule has 1 amide bonds. The van der Waals surface area contributed by atoms with E-state index in [2.05, 4.69) is 10.5 Å². The van der Waals surface area contributed by atoms with Crippen molar-refractivity contribution in [3.05, 3.63) is 53.1 Å². The van der Waals surface area contributed by atoms with Crippen LogP contribution in [0.2, 0.25) is 0 Å². The topological polar surface area (TPSA) is 97.3 Å². The van der Waals surface area contributed by atoms with Gasteiger partial charge < -0.3 is 9.47 Å². The molecule has 0 saturated heterocycles. The summed E-state index contributed by atoms with van der Waals surface area (Å²) in [5.41, 5.74) is 5.46. The Morgan fingerprint density at radius 3 is 2.61 bits per heavy atom. The van der Waals surface area contributed by atoms with E-state index in [1.807, 2.05) is 19.9 Å². The fourth-order valence-corrected chi connectivity index (χ4v) is 3.47. The molecule has 0 unspecified atom stereocenters. The largest absolute Gasteiger partial charge is 0.454 e. The normalized spacial score (nSPS) is 13.0. The Balaban J connectivity index is 1.68. The number of hydrogen-bond donors (Lipinski definition) is 1. The van der Waals surface area contributed by atoms with Gasteiger partial charge in [-0.15, -0.1) is 0 Å². The number of nitrogens with zero attached hydrogens (tertiary/aromatic N) is 2. The number of carbonyl (C=O) groups excluding carboxylic acids is 1. The number of carbonyl (C=O) groups is 1. The molecule has 0 aliphatic carbocycles. The predicted octanol–water partition coefficient (Wildman–Crippen LogP) is 1.95. The van der Waals surface area contributed by atoms with Crippen LogP contribution >= 0.6 is 0 Å². The maximum absolute atomic E-state index is 12.2. The summed E-state index contributed by atoms with van der Waals surface area (Å²) >= 11 is 0. The molecule has 0 bridgehead atoms. The quantitative estimate of drug-likeness (QED) is 0.587. The average molecular weight is 403 g/mol. The lowest BCUT2D eigenvalue weighted by Crippen LogP contribution is -2.39. The molecular weight excluding hydrogens is 382 g/mol. The summed E-state index contributed by atoms with van der Waals surface area (Å²) in [7, 11) is -3.64. The smallest absolute Gasteiger partial charge is 0.260 e. The van der Waals surface area contributed by atoms with Gasteiger partial charge in [0.25, 0.3) is 5.91 Å². The van der Waals surface area contributed by atoms with Crippen LogP contribution in [0.3, 0.4) is 0 Å². The molecule has 1 heterocycles. The highest BCUT2D eigenvalue weighted by Crippen LogP contribution is 2.31. The lowest BCUT2D eigenvalue weighted by Gasteiger charge is -2.22. The number of sulfonamides is 1. The van der Waals surface area contributed by atoms with Crippen LogP contribution in [0.15, 0.2) is 41.5 Å². The molecule has 0 fully saturated rings. The van der Waals surface area contributed by atoms with E-state index in [4.69, 9.17) is 9.47 Å². The van der Waals surface area contributed by atoms with E-state index >= 15 is 0 Å². The van der Waals surface area contributed by atoms with Crippen molar-refractivity contribution in [2.45, 2.75) is 13.8 Å². The molecule has 0 radical (unpaired) electrons. The van der Waals surface area contributed by atoms with E-state index in [9.17, 15) is 13.2 Å². The molecule has 0 saturated carbocycles. The van der Waals surface area contributed by atoms with Crippen molar-refractivity contribution in [3.63, 3.8) is 0 Å². The Bertz CT molecular complexity index is 1030. The number of hydrazone groups is 1. The van der Waals surface area contributed by atoms with Gasteiger partial charge in [0.1, 0.15) is 6.54 Å². The highest BCUT2D eigenvalue weighted by atomic mass is 32.2. The van der Waals surface area contributed by atoms with E-state index in [1.54, 1.807) is 30.3 Å². The zero-order valence-corrected chi connectivity index (χ0v) is 16.6. The minimum Gasteiger partial charge on any atom is -0.454 e. The van der Waals surface area contributed by atoms with Crippen LogP contribution in [0, 0.1) is 13.8 Å². The standard InChI is InChI=1S/C19H21N3O5S/c1-13-4-6-16(8-14(13)2)22(28(3,24)25)11-19(23)21-20-10-15-5-7-17-18(9-15)27-12-26-17/h4-10H,11-12H2,1-3H3,(H,21,23)/b20-10-. The summed E-state index contributed by atoms with van der Waals surface area (Å²) in [6.45, 7) is 3.61. The molecule has 8 nitrogen and oxygen atoms in total. The number of amides is 1. The van der Waals surface area contributed by atoms with Crippen molar-refractivity contribution in [2.75, 3.05) is 23.9 Å². The molecular formula is C19H21N3O5S. The molecule has 1 aliphatic rings. The fourth-order valence-electron chi connectivity index (χ4n) is 2.62. The number of benzene rings is 2.